The van der Waals surface area contributed by atoms with Crippen LogP contribution in [0, 0.1) is 0 Å². The highest BCUT2D eigenvalue weighted by molar-refractivity contribution is 5.97. The van der Waals surface area contributed by atoms with Gasteiger partial charge >= 0.3 is 0 Å². The van der Waals surface area contributed by atoms with Crippen molar-refractivity contribution < 1.29 is 9.90 Å². The van der Waals surface area contributed by atoms with Gasteiger partial charge in [-0.2, -0.15) is 0 Å². The number of rotatable bonds is 4. The minimum absolute atomic E-state index is 0.352. The first-order valence-corrected chi connectivity index (χ1v) is 5.32. The van der Waals surface area contributed by atoms with Gasteiger partial charge in [-0.15, -0.1) is 0 Å². The molecule has 0 atom stereocenters. The van der Waals surface area contributed by atoms with Crippen LogP contribution in [0.15, 0.2) is 18.3 Å². The van der Waals surface area contributed by atoms with Crippen LogP contribution in [0.3, 0.4) is 0 Å². The molecule has 5 nitrogen and oxygen atoms in total. The van der Waals surface area contributed by atoms with Crippen molar-refractivity contribution in [2.24, 2.45) is 5.73 Å². The topological polar surface area (TPSA) is 88.2 Å². The molecule has 1 amide bonds. The molecule has 0 aromatic carbocycles. The van der Waals surface area contributed by atoms with Gasteiger partial charge in [-0.25, -0.2) is 4.98 Å². The molecule has 1 saturated carbocycles. The maximum atomic E-state index is 11.1. The van der Waals surface area contributed by atoms with E-state index in [1.54, 1.807) is 18.3 Å². The molecule has 0 saturated heterocycles. The minimum Gasteiger partial charge on any atom is -0.388 e. The Hall–Kier alpha value is -1.62. The van der Waals surface area contributed by atoms with Gasteiger partial charge in [-0.05, 0) is 31.4 Å². The Balaban J connectivity index is 2.06. The van der Waals surface area contributed by atoms with Crippen molar-refractivity contribution in [1.82, 2.24) is 4.98 Å². The van der Waals surface area contributed by atoms with Crippen LogP contribution in [0.2, 0.25) is 0 Å². The fraction of sp³-hybridized carbons (Fsp3) is 0.455. The van der Waals surface area contributed by atoms with E-state index >= 15 is 0 Å². The average Bonchev–Trinajstić information content (AvgIpc) is 2.24. The predicted octanol–water partition coefficient (Wildman–Crippen LogP) is 0.507. The van der Waals surface area contributed by atoms with Gasteiger partial charge in [0.05, 0.1) is 11.2 Å². The fourth-order valence-corrected chi connectivity index (χ4v) is 1.75. The Morgan fingerprint density at radius 2 is 2.38 bits per heavy atom. The van der Waals surface area contributed by atoms with Crippen LogP contribution >= 0.6 is 0 Å². The van der Waals surface area contributed by atoms with Gasteiger partial charge in [0.15, 0.2) is 0 Å². The first-order valence-electron chi connectivity index (χ1n) is 5.32. The first kappa shape index (κ1) is 10.9. The number of pyridine rings is 1. The Morgan fingerprint density at radius 3 is 2.94 bits per heavy atom. The number of nitrogens with two attached hydrogens (primary N) is 1. The smallest absolute Gasteiger partial charge is 0.252 e. The molecular formula is C11H15N3O2. The summed E-state index contributed by atoms with van der Waals surface area (Å²) in [7, 11) is 0. The number of primary amides is 1. The standard InChI is InChI=1S/C11H15N3O2/c12-9(15)8-3-1-6-13-10(8)14-7-11(16)4-2-5-11/h1,3,6,16H,2,4-5,7H2,(H2,12,15)(H,13,14). The summed E-state index contributed by atoms with van der Waals surface area (Å²) in [6, 6.07) is 3.27. The molecule has 1 aromatic heterocycles. The van der Waals surface area contributed by atoms with Crippen LogP contribution in [0.5, 0.6) is 0 Å². The number of nitrogens with one attached hydrogen (secondary N) is 1. The van der Waals surface area contributed by atoms with E-state index < -0.39 is 11.5 Å². The second-order valence-corrected chi connectivity index (χ2v) is 4.20. The number of aromatic nitrogens is 1. The summed E-state index contributed by atoms with van der Waals surface area (Å²) in [5, 5.41) is 12.9. The molecule has 0 aliphatic heterocycles. The minimum atomic E-state index is -0.646. The highest BCUT2D eigenvalue weighted by atomic mass is 16.3. The van der Waals surface area contributed by atoms with Crippen molar-refractivity contribution in [2.75, 3.05) is 11.9 Å². The molecule has 1 aromatic rings. The number of amides is 1. The molecule has 1 fully saturated rings. The van der Waals surface area contributed by atoms with Crippen LogP contribution in [-0.4, -0.2) is 28.1 Å². The van der Waals surface area contributed by atoms with Crippen molar-refractivity contribution in [3.63, 3.8) is 0 Å². The number of carbonyl (C=O) groups is 1. The highest BCUT2D eigenvalue weighted by Crippen LogP contribution is 2.31. The Bertz CT molecular complexity index is 402. The van der Waals surface area contributed by atoms with Crippen LogP contribution in [-0.2, 0) is 0 Å². The number of anilines is 1. The van der Waals surface area contributed by atoms with Crippen molar-refractivity contribution in [2.45, 2.75) is 24.9 Å². The van der Waals surface area contributed by atoms with Gasteiger partial charge in [0.2, 0.25) is 0 Å². The molecule has 1 heterocycles. The normalized spacial score (nSPS) is 17.6. The van der Waals surface area contributed by atoms with Crippen LogP contribution in [0.1, 0.15) is 29.6 Å². The molecule has 16 heavy (non-hydrogen) atoms. The maximum absolute atomic E-state index is 11.1. The molecule has 1 aliphatic rings. The summed E-state index contributed by atoms with van der Waals surface area (Å²) < 4.78 is 0. The van der Waals surface area contributed by atoms with Gasteiger partial charge in [-0.1, -0.05) is 0 Å². The Morgan fingerprint density at radius 1 is 1.62 bits per heavy atom. The lowest BCUT2D eigenvalue weighted by Crippen LogP contribution is -2.43. The lowest BCUT2D eigenvalue weighted by atomic mass is 9.80. The summed E-state index contributed by atoms with van der Waals surface area (Å²) >= 11 is 0. The number of hydrogen-bond acceptors (Lipinski definition) is 4. The van der Waals surface area contributed by atoms with Crippen LogP contribution < -0.4 is 11.1 Å². The fourth-order valence-electron chi connectivity index (χ4n) is 1.75. The molecule has 1 aliphatic carbocycles. The molecule has 0 radical (unpaired) electrons. The SMILES string of the molecule is NC(=O)c1cccnc1NCC1(O)CCC1. The first-order chi connectivity index (χ1) is 7.61. The molecule has 5 heteroatoms. The Labute approximate surface area is 93.7 Å². The van der Waals surface area contributed by atoms with E-state index in [4.69, 9.17) is 5.73 Å². The van der Waals surface area contributed by atoms with Crippen molar-refractivity contribution >= 4 is 11.7 Å². The maximum Gasteiger partial charge on any atom is 0.252 e. The third-order valence-electron chi connectivity index (χ3n) is 2.94. The lowest BCUT2D eigenvalue weighted by Gasteiger charge is -2.36. The van der Waals surface area contributed by atoms with Crippen molar-refractivity contribution in [3.8, 4) is 0 Å². The van der Waals surface area contributed by atoms with Crippen molar-refractivity contribution in [3.05, 3.63) is 23.9 Å². The third kappa shape index (κ3) is 2.14. The summed E-state index contributed by atoms with van der Waals surface area (Å²) in [5.41, 5.74) is 4.92. The molecule has 2 rings (SSSR count). The van der Waals surface area contributed by atoms with Gasteiger partial charge in [0.25, 0.3) is 5.91 Å². The summed E-state index contributed by atoms with van der Waals surface area (Å²) in [4.78, 5) is 15.1. The van der Waals surface area contributed by atoms with E-state index in [1.165, 1.54) is 0 Å². The van der Waals surface area contributed by atoms with Crippen LogP contribution in [0.4, 0.5) is 5.82 Å². The molecular weight excluding hydrogens is 206 g/mol. The van der Waals surface area contributed by atoms with E-state index in [2.05, 4.69) is 10.3 Å². The zero-order valence-electron chi connectivity index (χ0n) is 8.94. The number of carbonyl (C=O) groups excluding carboxylic acids is 1. The molecule has 0 unspecified atom stereocenters. The van der Waals surface area contributed by atoms with Gasteiger partial charge < -0.3 is 16.2 Å². The predicted molar refractivity (Wildman–Crippen MR) is 60.0 cm³/mol. The quantitative estimate of drug-likeness (QED) is 0.691. The van der Waals surface area contributed by atoms with Gasteiger partial charge in [0.1, 0.15) is 5.82 Å². The summed E-state index contributed by atoms with van der Waals surface area (Å²) in [5.74, 6) is -0.0773. The second kappa shape index (κ2) is 4.09. The number of aliphatic hydroxyl groups is 1. The third-order valence-corrected chi connectivity index (χ3v) is 2.94. The summed E-state index contributed by atoms with van der Waals surface area (Å²) in [6.07, 6.45) is 4.21. The van der Waals surface area contributed by atoms with E-state index in [0.717, 1.165) is 19.3 Å². The lowest BCUT2D eigenvalue weighted by molar-refractivity contribution is -0.0202. The van der Waals surface area contributed by atoms with Gasteiger partial charge in [-0.3, -0.25) is 4.79 Å². The zero-order valence-corrected chi connectivity index (χ0v) is 8.94. The van der Waals surface area contributed by atoms with E-state index in [-0.39, 0.29) is 0 Å². The van der Waals surface area contributed by atoms with Crippen molar-refractivity contribution in [1.29, 1.82) is 0 Å². The molecule has 86 valence electrons. The highest BCUT2D eigenvalue weighted by Gasteiger charge is 2.34. The van der Waals surface area contributed by atoms with E-state index in [1.807, 2.05) is 0 Å². The monoisotopic (exact) mass is 221 g/mol. The number of nitrogens with zero attached hydrogens (tertiary/aromatic N) is 1. The molecule has 0 bridgehead atoms. The largest absolute Gasteiger partial charge is 0.388 e. The average molecular weight is 221 g/mol. The van der Waals surface area contributed by atoms with Crippen LogP contribution in [0.25, 0.3) is 0 Å². The van der Waals surface area contributed by atoms with E-state index in [9.17, 15) is 9.90 Å². The van der Waals surface area contributed by atoms with Gasteiger partial charge in [0, 0.05) is 12.7 Å². The number of hydrogen-bond donors (Lipinski definition) is 3. The molecule has 4 N–H and O–H groups in total. The van der Waals surface area contributed by atoms with E-state index in [0.29, 0.717) is 17.9 Å². The molecule has 0 spiro atoms. The second-order valence-electron chi connectivity index (χ2n) is 4.20. The zero-order chi connectivity index (χ0) is 11.6. The Kier molecular flexibility index (Phi) is 2.78. The summed E-state index contributed by atoms with van der Waals surface area (Å²) in [6.45, 7) is 0.407.